The van der Waals surface area contributed by atoms with Crippen molar-refractivity contribution < 1.29 is 19.5 Å². The van der Waals surface area contributed by atoms with Gasteiger partial charge in [0.25, 0.3) is 0 Å². The third kappa shape index (κ3) is 3.84. The van der Waals surface area contributed by atoms with Gasteiger partial charge in [0, 0.05) is 17.1 Å². The van der Waals surface area contributed by atoms with Crippen LogP contribution in [-0.2, 0) is 6.54 Å². The van der Waals surface area contributed by atoms with Crippen molar-refractivity contribution in [1.82, 2.24) is 24.3 Å². The average Bonchev–Trinajstić information content (AvgIpc) is 3.37. The van der Waals surface area contributed by atoms with E-state index in [1.54, 1.807) is 17.0 Å². The second-order valence-corrected chi connectivity index (χ2v) is 8.59. The number of fused-ring (bicyclic) bond motifs is 3. The van der Waals surface area contributed by atoms with Crippen LogP contribution in [0.3, 0.4) is 0 Å². The summed E-state index contributed by atoms with van der Waals surface area (Å²) in [6, 6.07) is 8.93. The lowest BCUT2D eigenvalue weighted by Crippen LogP contribution is -2.28. The number of nitrogens with zero attached hydrogens (tertiary/aromatic N) is 5. The third-order valence-electron chi connectivity index (χ3n) is 6.37. The largest absolute Gasteiger partial charge is 0.491 e. The number of aliphatic hydroxyl groups is 2. The standard InChI is InChI=1S/C26H27N5O5/c1-15-24(17(3)36-29-15)19-12-21-18(13-23(19)35-11-10-33)25-22(14-28-21)30(8-9-32)26(34)31(25)16(2)20-6-4-5-7-27-20/h4-7,12-14,16,32-33H,8-11H2,1-3H3. The van der Waals surface area contributed by atoms with Crippen LogP contribution in [0.5, 0.6) is 5.75 Å². The molecular weight excluding hydrogens is 462 g/mol. The van der Waals surface area contributed by atoms with Crippen LogP contribution >= 0.6 is 0 Å². The van der Waals surface area contributed by atoms with Gasteiger partial charge in [-0.3, -0.25) is 19.1 Å². The van der Waals surface area contributed by atoms with Crippen LogP contribution in [0.15, 0.2) is 52.0 Å². The lowest BCUT2D eigenvalue weighted by atomic mass is 10.00. The van der Waals surface area contributed by atoms with Gasteiger partial charge in [-0.1, -0.05) is 11.2 Å². The Morgan fingerprint density at radius 1 is 1.14 bits per heavy atom. The SMILES string of the molecule is Cc1noc(C)c1-c1cc2ncc3c(c2cc1OCCO)n(C(C)c1ccccn1)c(=O)n3CCO. The van der Waals surface area contributed by atoms with Crippen LogP contribution < -0.4 is 10.4 Å². The first-order valence-electron chi connectivity index (χ1n) is 11.7. The van der Waals surface area contributed by atoms with Gasteiger partial charge in [-0.15, -0.1) is 0 Å². The molecule has 10 heteroatoms. The topological polar surface area (TPSA) is 128 Å². The number of rotatable bonds is 8. The summed E-state index contributed by atoms with van der Waals surface area (Å²) in [6.07, 6.45) is 3.35. The van der Waals surface area contributed by atoms with Crippen LogP contribution in [0.2, 0.25) is 0 Å². The summed E-state index contributed by atoms with van der Waals surface area (Å²) < 4.78 is 14.5. The lowest BCUT2D eigenvalue weighted by molar-refractivity contribution is 0.202. The van der Waals surface area contributed by atoms with Crippen LogP contribution in [0.4, 0.5) is 0 Å². The molecule has 0 bridgehead atoms. The molecule has 36 heavy (non-hydrogen) atoms. The first-order valence-corrected chi connectivity index (χ1v) is 11.7. The van der Waals surface area contributed by atoms with Crippen molar-refractivity contribution in [3.8, 4) is 16.9 Å². The summed E-state index contributed by atoms with van der Waals surface area (Å²) in [7, 11) is 0. The molecule has 0 aliphatic heterocycles. The zero-order valence-corrected chi connectivity index (χ0v) is 20.3. The van der Waals surface area contributed by atoms with Gasteiger partial charge in [0.05, 0.1) is 65.5 Å². The van der Waals surface area contributed by atoms with Gasteiger partial charge >= 0.3 is 5.69 Å². The predicted octanol–water partition coefficient (Wildman–Crippen LogP) is 2.99. The molecule has 0 aliphatic rings. The molecule has 0 fully saturated rings. The molecule has 5 aromatic rings. The van der Waals surface area contributed by atoms with Gasteiger partial charge in [-0.25, -0.2) is 4.79 Å². The fourth-order valence-corrected chi connectivity index (χ4v) is 4.74. The summed E-state index contributed by atoms with van der Waals surface area (Å²) in [5, 5.41) is 23.9. The molecule has 1 unspecified atom stereocenters. The first kappa shape index (κ1) is 23.7. The average molecular weight is 490 g/mol. The first-order chi connectivity index (χ1) is 17.5. The molecule has 0 spiro atoms. The van der Waals surface area contributed by atoms with Crippen molar-refractivity contribution >= 4 is 21.9 Å². The molecule has 2 N–H and O–H groups in total. The number of ether oxygens (including phenoxy) is 1. The Bertz CT molecular complexity index is 1580. The Balaban J connectivity index is 1.85. The number of pyridine rings is 2. The van der Waals surface area contributed by atoms with E-state index < -0.39 is 0 Å². The van der Waals surface area contributed by atoms with E-state index in [1.807, 2.05) is 51.1 Å². The van der Waals surface area contributed by atoms with Crippen molar-refractivity contribution in [2.75, 3.05) is 19.8 Å². The maximum Gasteiger partial charge on any atom is 0.329 e. The van der Waals surface area contributed by atoms with Crippen molar-refractivity contribution in [3.05, 3.63) is 70.4 Å². The number of benzene rings is 1. The highest BCUT2D eigenvalue weighted by Gasteiger charge is 2.24. The van der Waals surface area contributed by atoms with E-state index in [1.165, 1.54) is 4.57 Å². The summed E-state index contributed by atoms with van der Waals surface area (Å²) >= 11 is 0. The minimum absolute atomic E-state index is 0.0912. The highest BCUT2D eigenvalue weighted by atomic mass is 16.5. The summed E-state index contributed by atoms with van der Waals surface area (Å²) in [4.78, 5) is 22.7. The second-order valence-electron chi connectivity index (χ2n) is 8.59. The van der Waals surface area contributed by atoms with Crippen molar-refractivity contribution in [2.24, 2.45) is 0 Å². The Hall–Kier alpha value is -4.02. The molecule has 0 saturated heterocycles. The summed E-state index contributed by atoms with van der Waals surface area (Å²) in [5.41, 5.74) is 4.62. The maximum absolute atomic E-state index is 13.6. The molecule has 0 saturated carbocycles. The number of hydrogen-bond acceptors (Lipinski definition) is 8. The van der Waals surface area contributed by atoms with E-state index in [9.17, 15) is 15.0 Å². The molecule has 10 nitrogen and oxygen atoms in total. The van der Waals surface area contributed by atoms with E-state index in [4.69, 9.17) is 9.26 Å². The fraction of sp³-hybridized carbons (Fsp3) is 0.308. The van der Waals surface area contributed by atoms with E-state index >= 15 is 0 Å². The third-order valence-corrected chi connectivity index (χ3v) is 6.37. The minimum Gasteiger partial charge on any atom is -0.491 e. The molecule has 186 valence electrons. The number of aromatic nitrogens is 5. The van der Waals surface area contributed by atoms with E-state index in [2.05, 4.69) is 15.1 Å². The molecule has 0 radical (unpaired) electrons. The summed E-state index contributed by atoms with van der Waals surface area (Å²) in [6.45, 7) is 5.47. The van der Waals surface area contributed by atoms with E-state index in [-0.39, 0.29) is 38.1 Å². The highest BCUT2D eigenvalue weighted by molar-refractivity contribution is 6.05. The number of aryl methyl sites for hydroxylation is 2. The van der Waals surface area contributed by atoms with Gasteiger partial charge in [-0.2, -0.15) is 0 Å². The van der Waals surface area contributed by atoms with Gasteiger partial charge in [0.15, 0.2) is 0 Å². The Kier molecular flexibility index (Phi) is 6.29. The molecule has 4 heterocycles. The molecule has 0 aliphatic carbocycles. The van der Waals surface area contributed by atoms with Crippen LogP contribution in [0.25, 0.3) is 33.1 Å². The summed E-state index contributed by atoms with van der Waals surface area (Å²) in [5.74, 6) is 1.15. The predicted molar refractivity (Wildman–Crippen MR) is 134 cm³/mol. The van der Waals surface area contributed by atoms with Crippen LogP contribution in [0.1, 0.15) is 30.1 Å². The molecular formula is C26H27N5O5. The zero-order chi connectivity index (χ0) is 25.4. The number of imidazole rings is 1. The zero-order valence-electron chi connectivity index (χ0n) is 20.3. The molecule has 5 rings (SSSR count). The van der Waals surface area contributed by atoms with Gasteiger partial charge < -0.3 is 19.5 Å². The van der Waals surface area contributed by atoms with Crippen LogP contribution in [0, 0.1) is 13.8 Å². The fourth-order valence-electron chi connectivity index (χ4n) is 4.74. The highest BCUT2D eigenvalue weighted by Crippen LogP contribution is 2.39. The van der Waals surface area contributed by atoms with E-state index in [0.29, 0.717) is 39.1 Å². The van der Waals surface area contributed by atoms with Gasteiger partial charge in [-0.05, 0) is 45.0 Å². The Morgan fingerprint density at radius 2 is 1.97 bits per heavy atom. The molecule has 1 atom stereocenters. The van der Waals surface area contributed by atoms with Crippen molar-refractivity contribution in [2.45, 2.75) is 33.4 Å². The van der Waals surface area contributed by atoms with Crippen molar-refractivity contribution in [1.29, 1.82) is 0 Å². The minimum atomic E-state index is -0.379. The second kappa shape index (κ2) is 9.56. The van der Waals surface area contributed by atoms with Gasteiger partial charge in [0.1, 0.15) is 18.1 Å². The van der Waals surface area contributed by atoms with E-state index in [0.717, 1.165) is 16.8 Å². The molecule has 4 aromatic heterocycles. The maximum atomic E-state index is 13.6. The molecule has 0 amide bonds. The Morgan fingerprint density at radius 3 is 2.64 bits per heavy atom. The lowest BCUT2D eigenvalue weighted by Gasteiger charge is -2.16. The number of aliphatic hydroxyl groups excluding tert-OH is 2. The Labute approximate surface area is 206 Å². The van der Waals surface area contributed by atoms with Crippen LogP contribution in [-0.4, -0.2) is 54.3 Å². The van der Waals surface area contributed by atoms with Gasteiger partial charge in [0.2, 0.25) is 0 Å². The monoisotopic (exact) mass is 489 g/mol. The molecule has 1 aromatic carbocycles. The number of hydrogen-bond donors (Lipinski definition) is 2. The van der Waals surface area contributed by atoms with Crippen molar-refractivity contribution in [3.63, 3.8) is 0 Å². The normalized spacial score (nSPS) is 12.5. The quantitative estimate of drug-likeness (QED) is 0.340. The smallest absolute Gasteiger partial charge is 0.329 e.